The van der Waals surface area contributed by atoms with Gasteiger partial charge in [0.25, 0.3) is 0 Å². The van der Waals surface area contributed by atoms with E-state index >= 15 is 0 Å². The van der Waals surface area contributed by atoms with E-state index in [1.165, 1.54) is 0 Å². The summed E-state index contributed by atoms with van der Waals surface area (Å²) in [6, 6.07) is 0. The largest absolute Gasteiger partial charge is 0.166 e. The molecule has 0 aromatic heterocycles. The molecule has 0 aliphatic rings. The van der Waals surface area contributed by atoms with Crippen LogP contribution in [0.1, 0.15) is 0 Å². The Bertz CT molecular complexity index is 9.61. The van der Waals surface area contributed by atoms with Gasteiger partial charge in [-0.3, -0.25) is 0 Å². The second-order valence-electron chi connectivity index (χ2n) is 0.0583. The van der Waals surface area contributed by atoms with Gasteiger partial charge in [-0.25, -0.2) is 0 Å². The molecule has 0 aliphatic heterocycles. The molecule has 1 nitrogen and oxygen atoms in total. The SMILES string of the molecule is ClOCl.[K].[Ru]. The Labute approximate surface area is 96.2 Å². The average molecular weight is 227 g/mol. The zero-order chi connectivity index (χ0) is 2.71. The van der Waals surface area contributed by atoms with Crippen molar-refractivity contribution >= 4 is 75.1 Å². The Balaban J connectivity index is -0.0000000200. The summed E-state index contributed by atoms with van der Waals surface area (Å²) in [7, 11) is 0. The van der Waals surface area contributed by atoms with Crippen molar-refractivity contribution in [1.82, 2.24) is 0 Å². The molecule has 0 rings (SSSR count). The first-order valence-electron chi connectivity index (χ1n) is 0.309. The van der Waals surface area contributed by atoms with Crippen molar-refractivity contribution in [3.8, 4) is 0 Å². The van der Waals surface area contributed by atoms with Crippen molar-refractivity contribution in [2.24, 2.45) is 0 Å². The molecule has 0 saturated heterocycles. The van der Waals surface area contributed by atoms with Gasteiger partial charge in [0, 0.05) is 70.9 Å². The molecule has 5 heteroatoms. The molecular weight excluding hydrogens is 227 g/mol. The van der Waals surface area contributed by atoms with Gasteiger partial charge in [0.15, 0.2) is 0 Å². The van der Waals surface area contributed by atoms with E-state index in [0.717, 1.165) is 0 Å². The second-order valence-corrected chi connectivity index (χ2v) is 0.525. The number of hydrogen-bond acceptors (Lipinski definition) is 1. The van der Waals surface area contributed by atoms with E-state index < -0.39 is 0 Å². The maximum absolute atomic E-state index is 4.26. The maximum Gasteiger partial charge on any atom is 0.0832 e. The minimum atomic E-state index is 0. The molecule has 0 N–H and O–H groups in total. The molecule has 0 atom stereocenters. The van der Waals surface area contributed by atoms with Gasteiger partial charge in [-0.1, -0.05) is 0 Å². The van der Waals surface area contributed by atoms with Crippen LogP contribution in [0.2, 0.25) is 0 Å². The van der Waals surface area contributed by atoms with E-state index in [1.807, 2.05) is 0 Å². The van der Waals surface area contributed by atoms with E-state index in [-0.39, 0.29) is 70.9 Å². The van der Waals surface area contributed by atoms with Crippen molar-refractivity contribution in [3.63, 3.8) is 0 Å². The first kappa shape index (κ1) is 15.7. The Hall–Kier alpha value is 2.80. The standard InChI is InChI=1S/Cl2O.K.Ru/c1-3-2;;. The summed E-state index contributed by atoms with van der Waals surface area (Å²) >= 11 is 8.53. The first-order chi connectivity index (χ1) is 1.41. The molecule has 0 aromatic rings. The van der Waals surface area contributed by atoms with Crippen LogP contribution in [0.3, 0.4) is 0 Å². The summed E-state index contributed by atoms with van der Waals surface area (Å²) in [5.74, 6) is 0. The van der Waals surface area contributed by atoms with Gasteiger partial charge >= 0.3 is 0 Å². The molecule has 29 valence electrons. The van der Waals surface area contributed by atoms with E-state index in [4.69, 9.17) is 0 Å². The number of hydrogen-bond donors (Lipinski definition) is 0. The molecule has 5 heavy (non-hydrogen) atoms. The molecule has 0 spiro atoms. The van der Waals surface area contributed by atoms with E-state index in [1.54, 1.807) is 0 Å². The third-order valence-corrected chi connectivity index (χ3v) is 0. The molecule has 0 heterocycles. The van der Waals surface area contributed by atoms with Crippen LogP contribution in [-0.2, 0) is 23.3 Å². The smallest absolute Gasteiger partial charge is 0.0832 e. The van der Waals surface area contributed by atoms with E-state index in [0.29, 0.717) is 0 Å². The fourth-order valence-electron chi connectivity index (χ4n) is 0. The fraction of sp³-hybridized carbons (Fsp3) is 0. The van der Waals surface area contributed by atoms with Gasteiger partial charge in [-0.2, -0.15) is 3.84 Å². The van der Waals surface area contributed by atoms with Crippen LogP contribution >= 0.6 is 23.7 Å². The van der Waals surface area contributed by atoms with Gasteiger partial charge < -0.3 is 0 Å². The minimum Gasteiger partial charge on any atom is -0.166 e. The van der Waals surface area contributed by atoms with Crippen LogP contribution in [0.5, 0.6) is 0 Å². The minimum absolute atomic E-state index is 0. The summed E-state index contributed by atoms with van der Waals surface area (Å²) in [4.78, 5) is 0. The van der Waals surface area contributed by atoms with Crippen molar-refractivity contribution in [3.05, 3.63) is 0 Å². The summed E-state index contributed by atoms with van der Waals surface area (Å²) in [6.07, 6.45) is 0. The second kappa shape index (κ2) is 15.8. The van der Waals surface area contributed by atoms with Crippen LogP contribution < -0.4 is 0 Å². The zero-order valence-electron chi connectivity index (χ0n) is 2.52. The number of halogens is 2. The summed E-state index contributed by atoms with van der Waals surface area (Å²) in [5, 5.41) is 0. The van der Waals surface area contributed by atoms with Crippen molar-refractivity contribution < 1.29 is 23.3 Å². The van der Waals surface area contributed by atoms with Gasteiger partial charge in [0.2, 0.25) is 0 Å². The molecule has 0 amide bonds. The fourth-order valence-corrected chi connectivity index (χ4v) is 0. The van der Waals surface area contributed by atoms with Crippen LogP contribution in [-0.4, -0.2) is 51.4 Å². The number of rotatable bonds is 0. The average Bonchev–Trinajstić information content (AvgIpc) is 0.918. The van der Waals surface area contributed by atoms with Crippen molar-refractivity contribution in [2.45, 2.75) is 0 Å². The van der Waals surface area contributed by atoms with Gasteiger partial charge in [-0.05, 0) is 0 Å². The van der Waals surface area contributed by atoms with Gasteiger partial charge in [0.05, 0.1) is 23.7 Å². The molecule has 0 bridgehead atoms. The predicted octanol–water partition coefficient (Wildman–Crippen LogP) is 0.927. The quantitative estimate of drug-likeness (QED) is 0.559. The van der Waals surface area contributed by atoms with Crippen LogP contribution in [0.25, 0.3) is 0 Å². The summed E-state index contributed by atoms with van der Waals surface area (Å²) < 4.78 is 3.19. The Morgan fingerprint density at radius 3 is 1.20 bits per heavy atom. The van der Waals surface area contributed by atoms with Gasteiger partial charge in [-0.15, -0.1) is 0 Å². The van der Waals surface area contributed by atoms with E-state index in [9.17, 15) is 0 Å². The van der Waals surface area contributed by atoms with Crippen LogP contribution in [0.4, 0.5) is 0 Å². The van der Waals surface area contributed by atoms with Crippen LogP contribution in [0.15, 0.2) is 0 Å². The molecule has 0 aliphatic carbocycles. The van der Waals surface area contributed by atoms with Crippen molar-refractivity contribution in [1.29, 1.82) is 0 Å². The van der Waals surface area contributed by atoms with Crippen LogP contribution in [0, 0.1) is 0 Å². The Morgan fingerprint density at radius 1 is 1.20 bits per heavy atom. The molecular formula is Cl2KORu. The third-order valence-electron chi connectivity index (χ3n) is 0. The Morgan fingerprint density at radius 2 is 1.20 bits per heavy atom. The zero-order valence-corrected chi connectivity index (χ0v) is 8.89. The van der Waals surface area contributed by atoms with E-state index in [2.05, 4.69) is 27.6 Å². The summed E-state index contributed by atoms with van der Waals surface area (Å²) in [5.41, 5.74) is 0. The monoisotopic (exact) mass is 227 g/mol. The van der Waals surface area contributed by atoms with Gasteiger partial charge in [0.1, 0.15) is 0 Å². The maximum atomic E-state index is 4.26. The molecule has 0 saturated carbocycles. The topological polar surface area (TPSA) is 9.23 Å². The first-order valence-corrected chi connectivity index (χ1v) is 0.926. The Kier molecular flexibility index (Phi) is 49.6. The third kappa shape index (κ3) is 20.0. The molecule has 1 radical (unpaired) electrons. The normalized spacial score (nSPS) is 3.60. The molecule has 0 unspecified atom stereocenters. The predicted molar refractivity (Wildman–Crippen MR) is 18.5 cm³/mol. The molecule has 0 aromatic carbocycles. The summed E-state index contributed by atoms with van der Waals surface area (Å²) in [6.45, 7) is 0. The molecule has 0 fully saturated rings. The van der Waals surface area contributed by atoms with Crippen molar-refractivity contribution in [2.75, 3.05) is 0 Å².